The number of hydrogen-bond donors (Lipinski definition) is 0. The summed E-state index contributed by atoms with van der Waals surface area (Å²) in [7, 11) is 8.01. The molecule has 3 nitrogen and oxygen atoms in total. The molecule has 0 N–H and O–H groups in total. The number of allylic oxidation sites excluding steroid dienone is 5. The second kappa shape index (κ2) is 13.5. The molecule has 1 saturated heterocycles. The molecule has 175 valence electrons. The normalized spacial score (nSPS) is 28.2. The molecule has 4 aliphatic rings. The van der Waals surface area contributed by atoms with Crippen molar-refractivity contribution in [1.29, 1.82) is 0 Å². The van der Waals surface area contributed by atoms with Gasteiger partial charge in [0.2, 0.25) is 0 Å². The Morgan fingerprint density at radius 3 is 2.68 bits per heavy atom. The van der Waals surface area contributed by atoms with E-state index < -0.39 is 8.24 Å². The van der Waals surface area contributed by atoms with Gasteiger partial charge in [0.15, 0.2) is 14.2 Å². The van der Waals surface area contributed by atoms with Gasteiger partial charge in [-0.1, -0.05) is 56.2 Å². The minimum absolute atomic E-state index is 0. The molecule has 0 amide bonds. The molecule has 0 spiro atoms. The fourth-order valence-corrected chi connectivity index (χ4v) is 11.4. The van der Waals surface area contributed by atoms with E-state index in [1.165, 1.54) is 70.2 Å². The number of fused-ring (bicyclic) bond motifs is 2. The number of nitrogens with zero attached hydrogens (tertiary/aromatic N) is 3. The van der Waals surface area contributed by atoms with E-state index in [2.05, 4.69) is 53.0 Å². The van der Waals surface area contributed by atoms with Crippen LogP contribution in [0.15, 0.2) is 42.0 Å². The third kappa shape index (κ3) is 6.45. The van der Waals surface area contributed by atoms with E-state index >= 15 is 0 Å². The van der Waals surface area contributed by atoms with Crippen molar-refractivity contribution in [2.45, 2.75) is 63.1 Å². The molecule has 2 heterocycles. The van der Waals surface area contributed by atoms with Gasteiger partial charge in [0.25, 0.3) is 0 Å². The molecule has 7 heteroatoms. The molecule has 4 atom stereocenters. The van der Waals surface area contributed by atoms with Crippen LogP contribution in [0.1, 0.15) is 44.9 Å². The van der Waals surface area contributed by atoms with E-state index in [1.807, 2.05) is 0 Å². The third-order valence-electron chi connectivity index (χ3n) is 7.50. The zero-order valence-corrected chi connectivity index (χ0v) is 23.1. The second-order valence-corrected chi connectivity index (χ2v) is 15.8. The second-order valence-electron chi connectivity index (χ2n) is 9.17. The van der Waals surface area contributed by atoms with Crippen LogP contribution in [0.25, 0.3) is 0 Å². The predicted octanol–water partition coefficient (Wildman–Crippen LogP) is 7.03. The number of halogens is 2. The van der Waals surface area contributed by atoms with Crippen molar-refractivity contribution in [3.05, 3.63) is 44.4 Å². The van der Waals surface area contributed by atoms with Gasteiger partial charge in [-0.25, -0.2) is 0 Å². The fraction of sp³-hybridized carbons (Fsp3) is 0.667. The Balaban J connectivity index is 0.000000808. The van der Waals surface area contributed by atoms with Gasteiger partial charge in [-0.3, -0.25) is 4.99 Å². The first-order chi connectivity index (χ1) is 14.7. The van der Waals surface area contributed by atoms with Gasteiger partial charge in [-0.15, -0.1) is 6.58 Å². The Kier molecular flexibility index (Phi) is 11.8. The van der Waals surface area contributed by atoms with Crippen molar-refractivity contribution in [3.8, 4) is 0 Å². The van der Waals surface area contributed by atoms with Crippen molar-refractivity contribution < 1.29 is 13.4 Å². The standard InChI is InChI=1S/C23H37N3Si.CH3.2ClH.Cr/c1-3-4-5-8-19-27(2,22-14-13-20-11-6-7-12-21(20)22)26-18-10-17-25-16-9-15-24-23(25)26;;;;/h3,6-7,11-12,20-22H,1,4-5,8-10,13-19H2,2H3;1H3;2*1H;/q;-1;;;+3/p-2. The van der Waals surface area contributed by atoms with Gasteiger partial charge in [0, 0.05) is 26.2 Å². The SMILES string of the molecule is C=CCCCC[Si](C)(C1CCC2C=CC=CC21)N1CCCN2CCCN=C21.[CH3-].[Cl][Cr+][Cl]. The predicted molar refractivity (Wildman–Crippen MR) is 137 cm³/mol. The third-order valence-corrected chi connectivity index (χ3v) is 12.8. The molecular weight excluding hydrogens is 481 g/mol. The Hall–Kier alpha value is -0.181. The average molecular weight is 522 g/mol. The maximum absolute atomic E-state index is 5.07. The van der Waals surface area contributed by atoms with Crippen LogP contribution in [0.5, 0.6) is 0 Å². The molecule has 2 fully saturated rings. The Morgan fingerprint density at radius 2 is 1.90 bits per heavy atom. The number of guanidine groups is 1. The zero-order valence-electron chi connectivity index (χ0n) is 19.3. The van der Waals surface area contributed by atoms with E-state index in [9.17, 15) is 0 Å². The molecule has 0 aromatic heterocycles. The molecule has 4 rings (SSSR count). The van der Waals surface area contributed by atoms with Crippen LogP contribution in [-0.4, -0.2) is 49.8 Å². The first-order valence-corrected chi connectivity index (χ1v) is 17.8. The van der Waals surface area contributed by atoms with Crippen LogP contribution in [0.4, 0.5) is 0 Å². The molecule has 2 aliphatic heterocycles. The summed E-state index contributed by atoms with van der Waals surface area (Å²) in [6.45, 7) is 11.3. The van der Waals surface area contributed by atoms with E-state index in [0.29, 0.717) is 0 Å². The Morgan fingerprint density at radius 1 is 1.16 bits per heavy atom. The summed E-state index contributed by atoms with van der Waals surface area (Å²) in [6, 6.07) is 1.42. The zero-order chi connectivity index (χ0) is 21.4. The van der Waals surface area contributed by atoms with Crippen LogP contribution in [0, 0.1) is 19.3 Å². The number of aliphatic imine (C=N–C) groups is 1. The van der Waals surface area contributed by atoms with Crippen molar-refractivity contribution in [1.82, 2.24) is 9.47 Å². The van der Waals surface area contributed by atoms with Crippen molar-refractivity contribution >= 4 is 34.3 Å². The van der Waals surface area contributed by atoms with Crippen molar-refractivity contribution in [3.63, 3.8) is 0 Å². The average Bonchev–Trinajstić information content (AvgIpc) is 3.22. The van der Waals surface area contributed by atoms with Crippen molar-refractivity contribution in [2.24, 2.45) is 16.8 Å². The molecule has 4 unspecified atom stereocenters. The molecular formula is C24H40Cl2CrN3Si. The van der Waals surface area contributed by atoms with E-state index in [1.54, 1.807) is 0 Å². The van der Waals surface area contributed by atoms with E-state index in [-0.39, 0.29) is 20.8 Å². The van der Waals surface area contributed by atoms with Crippen LogP contribution in [0.2, 0.25) is 18.1 Å². The summed E-state index contributed by atoms with van der Waals surface area (Å²) in [6.07, 6.45) is 20.9. The minimum atomic E-state index is -1.64. The van der Waals surface area contributed by atoms with Gasteiger partial charge in [-0.2, -0.15) is 0 Å². The van der Waals surface area contributed by atoms with Gasteiger partial charge in [-0.05, 0) is 49.1 Å². The van der Waals surface area contributed by atoms with Gasteiger partial charge < -0.3 is 16.9 Å². The number of rotatable bonds is 7. The summed E-state index contributed by atoms with van der Waals surface area (Å²) in [5, 5.41) is 0. The molecule has 0 bridgehead atoms. The van der Waals surface area contributed by atoms with Crippen molar-refractivity contribution in [2.75, 3.05) is 26.2 Å². The first kappa shape index (κ1) is 27.1. The van der Waals surface area contributed by atoms with Crippen LogP contribution < -0.4 is 0 Å². The Bertz CT molecular complexity index is 657. The molecule has 31 heavy (non-hydrogen) atoms. The molecule has 2 aliphatic carbocycles. The Labute approximate surface area is 206 Å². The molecule has 0 aromatic carbocycles. The molecule has 0 radical (unpaired) electrons. The van der Waals surface area contributed by atoms with Gasteiger partial charge >= 0.3 is 33.5 Å². The number of hydrogen-bond acceptors (Lipinski definition) is 3. The maximum atomic E-state index is 5.07. The molecule has 0 aromatic rings. The first-order valence-electron chi connectivity index (χ1n) is 11.6. The van der Waals surface area contributed by atoms with E-state index in [0.717, 1.165) is 30.3 Å². The summed E-state index contributed by atoms with van der Waals surface area (Å²) in [4.78, 5) is 7.68. The van der Waals surface area contributed by atoms with E-state index in [4.69, 9.17) is 25.1 Å². The summed E-state index contributed by atoms with van der Waals surface area (Å²) in [5.41, 5.74) is 0.872. The summed E-state index contributed by atoms with van der Waals surface area (Å²) >= 11 is -0.181. The fourth-order valence-electron chi connectivity index (χ4n) is 6.09. The van der Waals surface area contributed by atoms with Crippen LogP contribution in [0.3, 0.4) is 0 Å². The van der Waals surface area contributed by atoms with Gasteiger partial charge in [0.1, 0.15) is 0 Å². The van der Waals surface area contributed by atoms with Crippen LogP contribution in [-0.2, 0) is 13.4 Å². The summed E-state index contributed by atoms with van der Waals surface area (Å²) < 4.78 is 2.89. The topological polar surface area (TPSA) is 18.8 Å². The number of unbranched alkanes of at least 4 members (excludes halogenated alkanes) is 2. The monoisotopic (exact) mass is 520 g/mol. The van der Waals surface area contributed by atoms with Gasteiger partial charge in [0.05, 0.1) is 0 Å². The molecule has 1 saturated carbocycles. The summed E-state index contributed by atoms with van der Waals surface area (Å²) in [5.74, 6) is 2.93. The quantitative estimate of drug-likeness (QED) is 0.155. The van der Waals surface area contributed by atoms with Crippen LogP contribution >= 0.6 is 20.1 Å².